The van der Waals surface area contributed by atoms with Crippen molar-refractivity contribution in [2.45, 2.75) is 19.9 Å². The van der Waals surface area contributed by atoms with E-state index in [2.05, 4.69) is 35.3 Å². The fourth-order valence-electron chi connectivity index (χ4n) is 1.69. The summed E-state index contributed by atoms with van der Waals surface area (Å²) < 4.78 is 0. The Kier molecular flexibility index (Phi) is 3.02. The van der Waals surface area contributed by atoms with Crippen LogP contribution in [-0.4, -0.2) is 4.98 Å². The highest BCUT2D eigenvalue weighted by molar-refractivity contribution is 5.63. The third-order valence-electron chi connectivity index (χ3n) is 2.64. The van der Waals surface area contributed by atoms with Crippen molar-refractivity contribution in [1.29, 1.82) is 0 Å². The van der Waals surface area contributed by atoms with Crippen molar-refractivity contribution in [3.63, 3.8) is 0 Å². The molecule has 0 fully saturated rings. The van der Waals surface area contributed by atoms with Crippen molar-refractivity contribution < 1.29 is 0 Å². The Bertz CT molecular complexity index is 472. The van der Waals surface area contributed by atoms with Crippen LogP contribution in [0.1, 0.15) is 24.1 Å². The maximum absolute atomic E-state index is 5.81. The van der Waals surface area contributed by atoms with Gasteiger partial charge in [0.1, 0.15) is 0 Å². The predicted octanol–water partition coefficient (Wildman–Crippen LogP) is 3.08. The van der Waals surface area contributed by atoms with Gasteiger partial charge in [-0.05, 0) is 36.6 Å². The molecule has 0 saturated heterocycles. The van der Waals surface area contributed by atoms with Gasteiger partial charge in [0, 0.05) is 24.0 Å². The van der Waals surface area contributed by atoms with Crippen LogP contribution >= 0.6 is 0 Å². The fraction of sp³-hybridized carbons (Fsp3) is 0.214. The zero-order valence-corrected chi connectivity index (χ0v) is 9.64. The van der Waals surface area contributed by atoms with Gasteiger partial charge >= 0.3 is 0 Å². The molecule has 0 aliphatic carbocycles. The lowest BCUT2D eigenvalue weighted by Crippen LogP contribution is -2.04. The highest BCUT2D eigenvalue weighted by Crippen LogP contribution is 2.21. The van der Waals surface area contributed by atoms with E-state index < -0.39 is 0 Å². The van der Waals surface area contributed by atoms with Crippen molar-refractivity contribution in [3.05, 3.63) is 53.9 Å². The molecule has 1 aromatic carbocycles. The van der Waals surface area contributed by atoms with E-state index in [1.807, 2.05) is 26.2 Å². The number of nitrogens with zero attached hydrogens (tertiary/aromatic N) is 1. The first-order valence-electron chi connectivity index (χ1n) is 5.44. The Morgan fingerprint density at radius 3 is 2.31 bits per heavy atom. The van der Waals surface area contributed by atoms with Crippen LogP contribution in [0.25, 0.3) is 11.1 Å². The molecule has 0 saturated carbocycles. The normalized spacial score (nSPS) is 12.4. The van der Waals surface area contributed by atoms with E-state index in [4.69, 9.17) is 5.73 Å². The monoisotopic (exact) mass is 212 g/mol. The minimum Gasteiger partial charge on any atom is -0.324 e. The highest BCUT2D eigenvalue weighted by Gasteiger charge is 2.01. The predicted molar refractivity (Wildman–Crippen MR) is 67.0 cm³/mol. The Morgan fingerprint density at radius 1 is 1.06 bits per heavy atom. The first-order valence-corrected chi connectivity index (χ1v) is 5.44. The second-order valence-electron chi connectivity index (χ2n) is 4.16. The van der Waals surface area contributed by atoms with Crippen molar-refractivity contribution >= 4 is 0 Å². The summed E-state index contributed by atoms with van der Waals surface area (Å²) >= 11 is 0. The zero-order chi connectivity index (χ0) is 11.5. The van der Waals surface area contributed by atoms with Gasteiger partial charge in [0.25, 0.3) is 0 Å². The van der Waals surface area contributed by atoms with Gasteiger partial charge in [0.2, 0.25) is 0 Å². The van der Waals surface area contributed by atoms with Crippen LogP contribution in [0.3, 0.4) is 0 Å². The summed E-state index contributed by atoms with van der Waals surface area (Å²) in [5.74, 6) is 0. The minimum absolute atomic E-state index is 0.0877. The molecular formula is C14H16N2. The molecule has 0 spiro atoms. The molecular weight excluding hydrogens is 196 g/mol. The van der Waals surface area contributed by atoms with Crippen LogP contribution in [-0.2, 0) is 0 Å². The van der Waals surface area contributed by atoms with Crippen molar-refractivity contribution in [2.75, 3.05) is 0 Å². The van der Waals surface area contributed by atoms with Crippen molar-refractivity contribution in [2.24, 2.45) is 5.73 Å². The third kappa shape index (κ3) is 2.28. The molecule has 16 heavy (non-hydrogen) atoms. The molecule has 2 N–H and O–H groups in total. The molecule has 2 nitrogen and oxygen atoms in total. The highest BCUT2D eigenvalue weighted by atomic mass is 14.6. The lowest BCUT2D eigenvalue weighted by atomic mass is 10.0. The smallest absolute Gasteiger partial charge is 0.0346 e. The SMILES string of the molecule is Cc1cncc(-c2ccc([C@@H](C)N)cc2)c1. The molecule has 0 radical (unpaired) electrons. The number of benzene rings is 1. The molecule has 82 valence electrons. The van der Waals surface area contributed by atoms with Crippen LogP contribution in [0.15, 0.2) is 42.7 Å². The van der Waals surface area contributed by atoms with Crippen LogP contribution in [0.4, 0.5) is 0 Å². The summed E-state index contributed by atoms with van der Waals surface area (Å²) in [6.45, 7) is 4.04. The number of rotatable bonds is 2. The van der Waals surface area contributed by atoms with Gasteiger partial charge in [-0.25, -0.2) is 0 Å². The number of hydrogen-bond acceptors (Lipinski definition) is 2. The molecule has 0 amide bonds. The van der Waals surface area contributed by atoms with Gasteiger partial charge < -0.3 is 5.73 Å². The van der Waals surface area contributed by atoms with E-state index in [-0.39, 0.29) is 6.04 Å². The Morgan fingerprint density at radius 2 is 1.75 bits per heavy atom. The zero-order valence-electron chi connectivity index (χ0n) is 9.64. The van der Waals surface area contributed by atoms with E-state index in [1.165, 1.54) is 11.1 Å². The van der Waals surface area contributed by atoms with E-state index in [9.17, 15) is 0 Å². The molecule has 2 rings (SSSR count). The summed E-state index contributed by atoms with van der Waals surface area (Å²) in [4.78, 5) is 4.19. The Hall–Kier alpha value is -1.67. The summed E-state index contributed by atoms with van der Waals surface area (Å²) in [5, 5.41) is 0. The van der Waals surface area contributed by atoms with Crippen LogP contribution in [0.2, 0.25) is 0 Å². The first-order chi connectivity index (χ1) is 7.66. The van der Waals surface area contributed by atoms with Gasteiger partial charge in [0.05, 0.1) is 0 Å². The lowest BCUT2D eigenvalue weighted by Gasteiger charge is -2.07. The molecule has 0 aliphatic heterocycles. The average Bonchev–Trinajstić information content (AvgIpc) is 2.29. The van der Waals surface area contributed by atoms with Crippen LogP contribution < -0.4 is 5.73 Å². The Labute approximate surface area is 96.1 Å². The number of hydrogen-bond donors (Lipinski definition) is 1. The average molecular weight is 212 g/mol. The quantitative estimate of drug-likeness (QED) is 0.830. The summed E-state index contributed by atoms with van der Waals surface area (Å²) in [7, 11) is 0. The number of nitrogens with two attached hydrogens (primary N) is 1. The van der Waals surface area contributed by atoms with Crippen molar-refractivity contribution in [3.8, 4) is 11.1 Å². The Balaban J connectivity index is 2.35. The van der Waals surface area contributed by atoms with E-state index in [0.29, 0.717) is 0 Å². The summed E-state index contributed by atoms with van der Waals surface area (Å²) in [5.41, 5.74) is 10.5. The molecule has 1 atom stereocenters. The van der Waals surface area contributed by atoms with Crippen LogP contribution in [0, 0.1) is 6.92 Å². The maximum atomic E-state index is 5.81. The summed E-state index contributed by atoms with van der Waals surface area (Å²) in [6.07, 6.45) is 3.74. The lowest BCUT2D eigenvalue weighted by molar-refractivity contribution is 0.818. The van der Waals surface area contributed by atoms with E-state index >= 15 is 0 Å². The molecule has 1 aromatic heterocycles. The van der Waals surface area contributed by atoms with Gasteiger partial charge in [-0.3, -0.25) is 4.98 Å². The number of aryl methyl sites for hydroxylation is 1. The van der Waals surface area contributed by atoms with Gasteiger partial charge in [-0.1, -0.05) is 24.3 Å². The van der Waals surface area contributed by atoms with E-state index in [1.54, 1.807) is 0 Å². The third-order valence-corrected chi connectivity index (χ3v) is 2.64. The number of pyridine rings is 1. The van der Waals surface area contributed by atoms with Crippen LogP contribution in [0.5, 0.6) is 0 Å². The van der Waals surface area contributed by atoms with E-state index in [0.717, 1.165) is 11.1 Å². The maximum Gasteiger partial charge on any atom is 0.0346 e. The molecule has 0 unspecified atom stereocenters. The van der Waals surface area contributed by atoms with Gasteiger partial charge in [-0.15, -0.1) is 0 Å². The first kappa shape index (κ1) is 10.8. The second-order valence-corrected chi connectivity index (χ2v) is 4.16. The molecule has 2 aromatic rings. The molecule has 0 aliphatic rings. The molecule has 0 bridgehead atoms. The molecule has 2 heteroatoms. The fourth-order valence-corrected chi connectivity index (χ4v) is 1.69. The number of aromatic nitrogens is 1. The standard InChI is InChI=1S/C14H16N2/c1-10-7-14(9-16-8-10)13-5-3-12(4-6-13)11(2)15/h3-9,11H,15H2,1-2H3/t11-/m1/s1. The minimum atomic E-state index is 0.0877. The summed E-state index contributed by atoms with van der Waals surface area (Å²) in [6, 6.07) is 10.5. The van der Waals surface area contributed by atoms with Gasteiger partial charge in [-0.2, -0.15) is 0 Å². The largest absolute Gasteiger partial charge is 0.324 e. The van der Waals surface area contributed by atoms with Gasteiger partial charge in [0.15, 0.2) is 0 Å². The van der Waals surface area contributed by atoms with Crippen molar-refractivity contribution in [1.82, 2.24) is 4.98 Å². The molecule has 1 heterocycles. The topological polar surface area (TPSA) is 38.9 Å². The second kappa shape index (κ2) is 4.45.